The van der Waals surface area contributed by atoms with Crippen LogP contribution in [-0.2, 0) is 6.54 Å². The SMILES string of the molecule is Cc1cc2c(cc1CN(C)C(C)(C)CO)OCO2. The van der Waals surface area contributed by atoms with Crippen molar-refractivity contribution < 1.29 is 14.6 Å². The quantitative estimate of drug-likeness (QED) is 0.888. The molecule has 0 saturated carbocycles. The number of aryl methyl sites for hydroxylation is 1. The molecule has 1 aliphatic rings. The standard InChI is InChI=1S/C14H21NO3/c1-10-5-12-13(18-9-17-12)6-11(10)7-15(4)14(2,3)8-16/h5-6,16H,7-9H2,1-4H3. The van der Waals surface area contributed by atoms with Gasteiger partial charge in [-0.1, -0.05) is 0 Å². The average Bonchev–Trinajstić information content (AvgIpc) is 2.76. The van der Waals surface area contributed by atoms with Crippen molar-refractivity contribution in [3.05, 3.63) is 23.3 Å². The molecule has 18 heavy (non-hydrogen) atoms. The number of aliphatic hydroxyl groups excluding tert-OH is 1. The van der Waals surface area contributed by atoms with Crippen LogP contribution < -0.4 is 9.47 Å². The van der Waals surface area contributed by atoms with Gasteiger partial charge in [-0.25, -0.2) is 0 Å². The largest absolute Gasteiger partial charge is 0.454 e. The van der Waals surface area contributed by atoms with Crippen molar-refractivity contribution in [2.45, 2.75) is 32.9 Å². The van der Waals surface area contributed by atoms with E-state index < -0.39 is 0 Å². The first kappa shape index (κ1) is 13.2. The van der Waals surface area contributed by atoms with E-state index >= 15 is 0 Å². The Labute approximate surface area is 108 Å². The molecule has 0 saturated heterocycles. The van der Waals surface area contributed by atoms with Crippen LogP contribution >= 0.6 is 0 Å². The van der Waals surface area contributed by atoms with Crippen LogP contribution in [0.2, 0.25) is 0 Å². The van der Waals surface area contributed by atoms with Crippen LogP contribution in [0.4, 0.5) is 0 Å². The van der Waals surface area contributed by atoms with Crippen LogP contribution in [0.25, 0.3) is 0 Å². The second-order valence-electron chi connectivity index (χ2n) is 5.46. The number of benzene rings is 1. The molecule has 0 fully saturated rings. The van der Waals surface area contributed by atoms with Crippen molar-refractivity contribution in [2.24, 2.45) is 0 Å². The van der Waals surface area contributed by atoms with Gasteiger partial charge in [-0.2, -0.15) is 0 Å². The molecule has 2 rings (SSSR count). The molecule has 1 heterocycles. The molecule has 1 aromatic rings. The molecule has 1 aromatic carbocycles. The van der Waals surface area contributed by atoms with Crippen molar-refractivity contribution in [1.82, 2.24) is 4.90 Å². The van der Waals surface area contributed by atoms with Gasteiger partial charge in [-0.3, -0.25) is 4.90 Å². The molecule has 0 unspecified atom stereocenters. The lowest BCUT2D eigenvalue weighted by Gasteiger charge is -2.34. The Hall–Kier alpha value is -1.26. The van der Waals surface area contributed by atoms with Gasteiger partial charge in [-0.15, -0.1) is 0 Å². The van der Waals surface area contributed by atoms with Gasteiger partial charge in [0.25, 0.3) is 0 Å². The summed E-state index contributed by atoms with van der Waals surface area (Å²) in [6.45, 7) is 7.32. The first-order chi connectivity index (χ1) is 8.44. The summed E-state index contributed by atoms with van der Waals surface area (Å²) in [5.74, 6) is 1.63. The van der Waals surface area contributed by atoms with Gasteiger partial charge in [0.1, 0.15) is 0 Å². The van der Waals surface area contributed by atoms with Crippen LogP contribution in [0.15, 0.2) is 12.1 Å². The molecular weight excluding hydrogens is 230 g/mol. The molecule has 0 radical (unpaired) electrons. The molecule has 0 aliphatic carbocycles. The highest BCUT2D eigenvalue weighted by Crippen LogP contribution is 2.35. The normalized spacial score (nSPS) is 14.3. The maximum atomic E-state index is 9.38. The van der Waals surface area contributed by atoms with E-state index in [4.69, 9.17) is 9.47 Å². The molecule has 4 nitrogen and oxygen atoms in total. The number of rotatable bonds is 4. The Bertz CT molecular complexity index is 443. The van der Waals surface area contributed by atoms with E-state index in [1.54, 1.807) is 0 Å². The highest BCUT2D eigenvalue weighted by Gasteiger charge is 2.24. The lowest BCUT2D eigenvalue weighted by atomic mass is 10.0. The maximum absolute atomic E-state index is 9.38. The number of likely N-dealkylation sites (N-methyl/N-ethyl adjacent to an activating group) is 1. The van der Waals surface area contributed by atoms with Crippen LogP contribution in [-0.4, -0.2) is 36.0 Å². The van der Waals surface area contributed by atoms with E-state index in [0.717, 1.165) is 18.0 Å². The van der Waals surface area contributed by atoms with Gasteiger partial charge < -0.3 is 14.6 Å². The number of hydrogen-bond donors (Lipinski definition) is 1. The van der Waals surface area contributed by atoms with E-state index in [1.807, 2.05) is 33.0 Å². The number of ether oxygens (including phenoxy) is 2. The van der Waals surface area contributed by atoms with E-state index in [-0.39, 0.29) is 12.1 Å². The molecule has 0 amide bonds. The Morgan fingerprint density at radius 3 is 2.50 bits per heavy atom. The molecule has 100 valence electrons. The second-order valence-corrected chi connectivity index (χ2v) is 5.46. The van der Waals surface area contributed by atoms with Gasteiger partial charge in [0.2, 0.25) is 6.79 Å². The minimum Gasteiger partial charge on any atom is -0.454 e. The van der Waals surface area contributed by atoms with E-state index in [0.29, 0.717) is 6.79 Å². The van der Waals surface area contributed by atoms with Crippen molar-refractivity contribution >= 4 is 0 Å². The third-order valence-electron chi connectivity index (χ3n) is 3.66. The third-order valence-corrected chi connectivity index (χ3v) is 3.66. The predicted octanol–water partition coefficient (Wildman–Crippen LogP) is 1.93. The predicted molar refractivity (Wildman–Crippen MR) is 69.9 cm³/mol. The molecule has 1 aliphatic heterocycles. The Kier molecular flexibility index (Phi) is 3.50. The lowest BCUT2D eigenvalue weighted by Crippen LogP contribution is -2.43. The fourth-order valence-electron chi connectivity index (χ4n) is 1.85. The van der Waals surface area contributed by atoms with E-state index in [9.17, 15) is 5.11 Å². The fourth-order valence-corrected chi connectivity index (χ4v) is 1.85. The molecule has 0 spiro atoms. The fraction of sp³-hybridized carbons (Fsp3) is 0.571. The number of hydrogen-bond acceptors (Lipinski definition) is 4. The minimum absolute atomic E-state index is 0.132. The summed E-state index contributed by atoms with van der Waals surface area (Å²) < 4.78 is 10.7. The first-order valence-electron chi connectivity index (χ1n) is 6.15. The van der Waals surface area contributed by atoms with Crippen molar-refractivity contribution in [3.8, 4) is 11.5 Å². The zero-order chi connectivity index (χ0) is 13.3. The topological polar surface area (TPSA) is 41.9 Å². The lowest BCUT2D eigenvalue weighted by molar-refractivity contribution is 0.0732. The minimum atomic E-state index is -0.233. The van der Waals surface area contributed by atoms with Crippen LogP contribution in [0.1, 0.15) is 25.0 Å². The number of nitrogens with zero attached hydrogens (tertiary/aromatic N) is 1. The van der Waals surface area contributed by atoms with Crippen LogP contribution in [0.3, 0.4) is 0 Å². The summed E-state index contributed by atoms with van der Waals surface area (Å²) in [6, 6.07) is 4.04. The van der Waals surface area contributed by atoms with Gasteiger partial charge in [-0.05, 0) is 51.1 Å². The monoisotopic (exact) mass is 251 g/mol. The zero-order valence-corrected chi connectivity index (χ0v) is 11.5. The summed E-state index contributed by atoms with van der Waals surface area (Å²) in [5.41, 5.74) is 2.14. The Morgan fingerprint density at radius 1 is 1.28 bits per heavy atom. The van der Waals surface area contributed by atoms with Gasteiger partial charge in [0.05, 0.1) is 6.61 Å². The van der Waals surface area contributed by atoms with Crippen molar-refractivity contribution in [1.29, 1.82) is 0 Å². The smallest absolute Gasteiger partial charge is 0.231 e. The molecule has 4 heteroatoms. The second kappa shape index (κ2) is 4.78. The summed E-state index contributed by atoms with van der Waals surface area (Å²) in [5, 5.41) is 9.38. The molecule has 1 N–H and O–H groups in total. The Morgan fingerprint density at radius 2 is 1.89 bits per heavy atom. The zero-order valence-electron chi connectivity index (χ0n) is 11.5. The molecule has 0 bridgehead atoms. The first-order valence-corrected chi connectivity index (χ1v) is 6.15. The summed E-state index contributed by atoms with van der Waals surface area (Å²) in [7, 11) is 2.01. The average molecular weight is 251 g/mol. The highest BCUT2D eigenvalue weighted by molar-refractivity contribution is 5.48. The van der Waals surface area contributed by atoms with Crippen molar-refractivity contribution in [3.63, 3.8) is 0 Å². The maximum Gasteiger partial charge on any atom is 0.231 e. The molecular formula is C14H21NO3. The summed E-state index contributed by atoms with van der Waals surface area (Å²) >= 11 is 0. The number of aliphatic hydroxyl groups is 1. The van der Waals surface area contributed by atoms with Gasteiger partial charge in [0.15, 0.2) is 11.5 Å². The number of fused-ring (bicyclic) bond motifs is 1. The molecule has 0 atom stereocenters. The summed E-state index contributed by atoms with van der Waals surface area (Å²) in [4.78, 5) is 2.14. The summed E-state index contributed by atoms with van der Waals surface area (Å²) in [6.07, 6.45) is 0. The molecule has 0 aromatic heterocycles. The van der Waals surface area contributed by atoms with Gasteiger partial charge >= 0.3 is 0 Å². The Balaban J connectivity index is 2.20. The third kappa shape index (κ3) is 2.44. The van der Waals surface area contributed by atoms with Crippen LogP contribution in [0.5, 0.6) is 11.5 Å². The van der Waals surface area contributed by atoms with E-state index in [1.165, 1.54) is 11.1 Å². The highest BCUT2D eigenvalue weighted by atomic mass is 16.7. The van der Waals surface area contributed by atoms with E-state index in [2.05, 4.69) is 11.8 Å². The van der Waals surface area contributed by atoms with Gasteiger partial charge in [0, 0.05) is 12.1 Å². The van der Waals surface area contributed by atoms with Crippen LogP contribution in [0, 0.1) is 6.92 Å². The van der Waals surface area contributed by atoms with Crippen molar-refractivity contribution in [2.75, 3.05) is 20.4 Å².